The minimum absolute atomic E-state index is 0.207. The average Bonchev–Trinajstić information content (AvgIpc) is 2.12. The maximum absolute atomic E-state index is 12.6. The van der Waals surface area contributed by atoms with Crippen molar-refractivity contribution >= 4 is 6.29 Å². The average molecular weight is 185 g/mol. The van der Waals surface area contributed by atoms with Crippen LogP contribution >= 0.6 is 0 Å². The second-order valence-corrected chi connectivity index (χ2v) is 2.55. The van der Waals surface area contributed by atoms with Crippen LogP contribution in [-0.4, -0.2) is 12.8 Å². The number of carbonyl (C=O) groups is 1. The van der Waals surface area contributed by atoms with E-state index in [-0.39, 0.29) is 6.54 Å². The summed E-state index contributed by atoms with van der Waals surface area (Å²) in [4.78, 5) is 9.92. The van der Waals surface area contributed by atoms with E-state index in [9.17, 15) is 13.6 Å². The molecule has 1 aromatic rings. The van der Waals surface area contributed by atoms with Gasteiger partial charge in [0, 0.05) is 6.54 Å². The smallest absolute Gasteiger partial charge is 0.159 e. The zero-order chi connectivity index (χ0) is 9.68. The summed E-state index contributed by atoms with van der Waals surface area (Å²) in [7, 11) is 0. The van der Waals surface area contributed by atoms with E-state index in [1.807, 2.05) is 0 Å². The lowest BCUT2D eigenvalue weighted by atomic mass is 10.2. The largest absolute Gasteiger partial charge is 0.306 e. The fraction of sp³-hybridized carbons (Fsp3) is 0.222. The van der Waals surface area contributed by atoms with Crippen LogP contribution in [0.1, 0.15) is 5.56 Å². The molecule has 0 saturated heterocycles. The summed E-state index contributed by atoms with van der Waals surface area (Å²) in [5, 5.41) is 2.74. The summed E-state index contributed by atoms with van der Waals surface area (Å²) in [6, 6.07) is 3.64. The molecule has 0 radical (unpaired) electrons. The number of halogens is 2. The fourth-order valence-electron chi connectivity index (χ4n) is 0.925. The molecule has 0 saturated carbocycles. The first kappa shape index (κ1) is 9.80. The summed E-state index contributed by atoms with van der Waals surface area (Å²) >= 11 is 0. The third kappa shape index (κ3) is 2.91. The number of nitrogens with one attached hydrogen (secondary N) is 1. The Hall–Kier alpha value is -1.29. The molecule has 4 heteroatoms. The minimum atomic E-state index is -0.870. The van der Waals surface area contributed by atoms with Gasteiger partial charge in [-0.3, -0.25) is 0 Å². The van der Waals surface area contributed by atoms with E-state index < -0.39 is 11.6 Å². The molecule has 0 spiro atoms. The summed E-state index contributed by atoms with van der Waals surface area (Å²) in [5.41, 5.74) is 0.612. The number of hydrogen-bond donors (Lipinski definition) is 1. The predicted octanol–water partition coefficient (Wildman–Crippen LogP) is 1.25. The first-order chi connectivity index (χ1) is 6.24. The van der Waals surface area contributed by atoms with Crippen LogP contribution in [0.4, 0.5) is 8.78 Å². The second kappa shape index (κ2) is 4.67. The summed E-state index contributed by atoms with van der Waals surface area (Å²) < 4.78 is 25.1. The monoisotopic (exact) mass is 185 g/mol. The first-order valence-corrected chi connectivity index (χ1v) is 3.82. The van der Waals surface area contributed by atoms with Crippen molar-refractivity contribution in [2.24, 2.45) is 0 Å². The van der Waals surface area contributed by atoms with Crippen molar-refractivity contribution in [3.8, 4) is 0 Å². The van der Waals surface area contributed by atoms with Crippen LogP contribution in [0, 0.1) is 11.6 Å². The van der Waals surface area contributed by atoms with Crippen molar-refractivity contribution in [2.75, 3.05) is 6.54 Å². The third-order valence-electron chi connectivity index (χ3n) is 1.54. The van der Waals surface area contributed by atoms with Crippen LogP contribution in [0.5, 0.6) is 0 Å². The molecular formula is C9H9F2NO. The molecule has 1 N–H and O–H groups in total. The highest BCUT2D eigenvalue weighted by Gasteiger charge is 2.01. The van der Waals surface area contributed by atoms with Gasteiger partial charge in [0.25, 0.3) is 0 Å². The maximum atomic E-state index is 12.6. The third-order valence-corrected chi connectivity index (χ3v) is 1.54. The molecule has 0 bridgehead atoms. The van der Waals surface area contributed by atoms with Crippen molar-refractivity contribution in [3.63, 3.8) is 0 Å². The lowest BCUT2D eigenvalue weighted by molar-refractivity contribution is -0.107. The zero-order valence-electron chi connectivity index (χ0n) is 6.89. The Labute approximate surface area is 74.6 Å². The Morgan fingerprint density at radius 2 is 2.08 bits per heavy atom. The molecule has 13 heavy (non-hydrogen) atoms. The molecule has 0 aliphatic carbocycles. The zero-order valence-corrected chi connectivity index (χ0v) is 6.89. The molecule has 70 valence electrons. The number of rotatable bonds is 4. The first-order valence-electron chi connectivity index (χ1n) is 3.82. The molecule has 1 aromatic carbocycles. The molecule has 0 fully saturated rings. The highest BCUT2D eigenvalue weighted by molar-refractivity contribution is 5.51. The molecule has 2 nitrogen and oxygen atoms in total. The molecule has 0 aliphatic heterocycles. The van der Waals surface area contributed by atoms with E-state index in [1.165, 1.54) is 6.07 Å². The van der Waals surface area contributed by atoms with Gasteiger partial charge >= 0.3 is 0 Å². The molecule has 0 unspecified atom stereocenters. The van der Waals surface area contributed by atoms with E-state index in [0.29, 0.717) is 18.4 Å². The van der Waals surface area contributed by atoms with Crippen molar-refractivity contribution < 1.29 is 13.6 Å². The summed E-state index contributed by atoms with van der Waals surface area (Å²) in [6.45, 7) is 0.564. The maximum Gasteiger partial charge on any atom is 0.159 e. The van der Waals surface area contributed by atoms with Gasteiger partial charge < -0.3 is 10.1 Å². The Kier molecular flexibility index (Phi) is 3.52. The summed E-state index contributed by atoms with van der Waals surface area (Å²) in [6.07, 6.45) is 0.708. The van der Waals surface area contributed by atoms with Crippen molar-refractivity contribution in [3.05, 3.63) is 35.4 Å². The Bertz CT molecular complexity index is 302. The quantitative estimate of drug-likeness (QED) is 0.565. The predicted molar refractivity (Wildman–Crippen MR) is 44.1 cm³/mol. The van der Waals surface area contributed by atoms with Crippen molar-refractivity contribution in [1.82, 2.24) is 5.32 Å². The van der Waals surface area contributed by atoms with E-state index >= 15 is 0 Å². The van der Waals surface area contributed by atoms with Gasteiger partial charge in [-0.1, -0.05) is 6.07 Å². The number of benzene rings is 1. The van der Waals surface area contributed by atoms with E-state index in [4.69, 9.17) is 0 Å². The Morgan fingerprint density at radius 1 is 1.31 bits per heavy atom. The van der Waals surface area contributed by atoms with Gasteiger partial charge in [0.05, 0.1) is 6.54 Å². The van der Waals surface area contributed by atoms with Gasteiger partial charge in [-0.2, -0.15) is 0 Å². The van der Waals surface area contributed by atoms with Gasteiger partial charge in [-0.15, -0.1) is 0 Å². The van der Waals surface area contributed by atoms with Crippen molar-refractivity contribution in [1.29, 1.82) is 0 Å². The normalized spacial score (nSPS) is 10.0. The number of hydrogen-bond acceptors (Lipinski definition) is 2. The standard InChI is InChI=1S/C9H9F2NO/c10-8-2-1-7(5-9(8)11)6-12-3-4-13/h1-2,4-5,12H,3,6H2. The molecule has 0 amide bonds. The van der Waals surface area contributed by atoms with Crippen LogP contribution in [-0.2, 0) is 11.3 Å². The molecular weight excluding hydrogens is 176 g/mol. The Balaban J connectivity index is 2.57. The van der Waals surface area contributed by atoms with E-state index in [2.05, 4.69) is 5.32 Å². The lowest BCUT2D eigenvalue weighted by Gasteiger charge is -2.01. The Morgan fingerprint density at radius 3 is 2.69 bits per heavy atom. The van der Waals surface area contributed by atoms with Crippen molar-refractivity contribution in [2.45, 2.75) is 6.54 Å². The molecule has 1 rings (SSSR count). The van der Waals surface area contributed by atoms with Crippen LogP contribution in [0.25, 0.3) is 0 Å². The minimum Gasteiger partial charge on any atom is -0.306 e. The topological polar surface area (TPSA) is 29.1 Å². The van der Waals surface area contributed by atoms with Crippen LogP contribution < -0.4 is 5.32 Å². The summed E-state index contributed by atoms with van der Waals surface area (Å²) in [5.74, 6) is -1.73. The van der Waals surface area contributed by atoms with Gasteiger partial charge in [-0.05, 0) is 17.7 Å². The number of carbonyl (C=O) groups excluding carboxylic acids is 1. The van der Waals surface area contributed by atoms with Gasteiger partial charge in [-0.25, -0.2) is 8.78 Å². The van der Waals surface area contributed by atoms with Gasteiger partial charge in [0.15, 0.2) is 11.6 Å². The van der Waals surface area contributed by atoms with Crippen LogP contribution in [0.2, 0.25) is 0 Å². The van der Waals surface area contributed by atoms with E-state index in [1.54, 1.807) is 0 Å². The lowest BCUT2D eigenvalue weighted by Crippen LogP contribution is -2.15. The molecule has 0 atom stereocenters. The van der Waals surface area contributed by atoms with Gasteiger partial charge in [0.2, 0.25) is 0 Å². The van der Waals surface area contributed by atoms with Gasteiger partial charge in [0.1, 0.15) is 6.29 Å². The fourth-order valence-corrected chi connectivity index (χ4v) is 0.925. The SMILES string of the molecule is O=CCNCc1ccc(F)c(F)c1. The molecule has 0 aromatic heterocycles. The molecule has 0 heterocycles. The van der Waals surface area contributed by atoms with Crippen LogP contribution in [0.3, 0.4) is 0 Å². The molecule has 0 aliphatic rings. The highest BCUT2D eigenvalue weighted by Crippen LogP contribution is 2.07. The highest BCUT2D eigenvalue weighted by atomic mass is 19.2. The van der Waals surface area contributed by atoms with Crippen LogP contribution in [0.15, 0.2) is 18.2 Å². The van der Waals surface area contributed by atoms with E-state index in [0.717, 1.165) is 12.1 Å². The second-order valence-electron chi connectivity index (χ2n) is 2.55. The number of aldehydes is 1.